The summed E-state index contributed by atoms with van der Waals surface area (Å²) in [5.41, 5.74) is 8.51. The Balaban J connectivity index is 2.82. The van der Waals surface area contributed by atoms with Gasteiger partial charge in [0.15, 0.2) is 0 Å². The molecule has 0 amide bonds. The highest BCUT2D eigenvalue weighted by atomic mass is 16.5. The average molecular weight is 221 g/mol. The monoisotopic (exact) mass is 221 g/mol. The van der Waals surface area contributed by atoms with Crippen molar-refractivity contribution in [2.45, 2.75) is 39.7 Å². The lowest BCUT2D eigenvalue weighted by atomic mass is 9.94. The van der Waals surface area contributed by atoms with Gasteiger partial charge in [0, 0.05) is 6.04 Å². The van der Waals surface area contributed by atoms with E-state index in [-0.39, 0.29) is 6.04 Å². The van der Waals surface area contributed by atoms with E-state index in [0.29, 0.717) is 5.92 Å². The molecule has 16 heavy (non-hydrogen) atoms. The summed E-state index contributed by atoms with van der Waals surface area (Å²) in [6, 6.07) is 6.67. The molecule has 0 aliphatic carbocycles. The van der Waals surface area contributed by atoms with Crippen molar-refractivity contribution in [2.75, 3.05) is 7.11 Å². The van der Waals surface area contributed by atoms with Crippen molar-refractivity contribution in [3.05, 3.63) is 29.3 Å². The molecule has 2 unspecified atom stereocenters. The Bertz CT molecular complexity index is 334. The summed E-state index contributed by atoms with van der Waals surface area (Å²) in [6.07, 6.45) is 2.04. The highest BCUT2D eigenvalue weighted by Crippen LogP contribution is 2.22. The first-order chi connectivity index (χ1) is 7.58. The van der Waals surface area contributed by atoms with Crippen LogP contribution in [0.3, 0.4) is 0 Å². The van der Waals surface area contributed by atoms with Crippen LogP contribution in [0.4, 0.5) is 0 Å². The van der Waals surface area contributed by atoms with Gasteiger partial charge in [-0.2, -0.15) is 0 Å². The first-order valence-corrected chi connectivity index (χ1v) is 5.99. The van der Waals surface area contributed by atoms with Crippen LogP contribution < -0.4 is 10.5 Å². The second-order valence-electron chi connectivity index (χ2n) is 4.54. The molecule has 1 rings (SSSR count). The molecule has 0 bridgehead atoms. The van der Waals surface area contributed by atoms with Gasteiger partial charge in [0.25, 0.3) is 0 Å². The van der Waals surface area contributed by atoms with E-state index in [1.807, 2.05) is 0 Å². The molecule has 0 saturated carbocycles. The third kappa shape index (κ3) is 3.24. The molecule has 0 spiro atoms. The minimum absolute atomic E-state index is 0.243. The second kappa shape index (κ2) is 5.90. The molecule has 2 heteroatoms. The normalized spacial score (nSPS) is 14.6. The van der Waals surface area contributed by atoms with Crippen molar-refractivity contribution in [3.63, 3.8) is 0 Å². The lowest BCUT2D eigenvalue weighted by Gasteiger charge is -2.16. The first kappa shape index (κ1) is 13.0. The molecular formula is C14H23NO. The van der Waals surface area contributed by atoms with Crippen LogP contribution in [0.15, 0.2) is 18.2 Å². The quantitative estimate of drug-likeness (QED) is 0.829. The van der Waals surface area contributed by atoms with Crippen molar-refractivity contribution in [3.8, 4) is 5.75 Å². The van der Waals surface area contributed by atoms with Crippen LogP contribution in [0.5, 0.6) is 5.75 Å². The molecule has 2 atom stereocenters. The Morgan fingerprint density at radius 3 is 2.50 bits per heavy atom. The molecule has 2 N–H and O–H groups in total. The zero-order chi connectivity index (χ0) is 12.1. The number of ether oxygens (including phenoxy) is 1. The van der Waals surface area contributed by atoms with Crippen LogP contribution in [-0.2, 0) is 12.8 Å². The maximum atomic E-state index is 5.89. The summed E-state index contributed by atoms with van der Waals surface area (Å²) in [7, 11) is 1.72. The van der Waals surface area contributed by atoms with Crippen LogP contribution in [0.2, 0.25) is 0 Å². The minimum atomic E-state index is 0.243. The van der Waals surface area contributed by atoms with Crippen LogP contribution in [0.1, 0.15) is 31.9 Å². The number of rotatable bonds is 5. The maximum absolute atomic E-state index is 5.89. The largest absolute Gasteiger partial charge is 0.496 e. The summed E-state index contributed by atoms with van der Waals surface area (Å²) in [4.78, 5) is 0. The van der Waals surface area contributed by atoms with E-state index in [2.05, 4.69) is 39.0 Å². The molecule has 2 nitrogen and oxygen atoms in total. The lowest BCUT2D eigenvalue weighted by molar-refractivity contribution is 0.409. The predicted octanol–water partition coefficient (Wildman–Crippen LogP) is 2.78. The summed E-state index contributed by atoms with van der Waals surface area (Å²) in [5, 5.41) is 0. The summed E-state index contributed by atoms with van der Waals surface area (Å²) in [6.45, 7) is 6.41. The van der Waals surface area contributed by atoms with E-state index >= 15 is 0 Å². The predicted molar refractivity (Wildman–Crippen MR) is 68.9 cm³/mol. The van der Waals surface area contributed by atoms with Gasteiger partial charge in [-0.05, 0) is 42.9 Å². The van der Waals surface area contributed by atoms with Gasteiger partial charge >= 0.3 is 0 Å². The topological polar surface area (TPSA) is 35.2 Å². The van der Waals surface area contributed by atoms with Crippen LogP contribution >= 0.6 is 0 Å². The standard InChI is InChI=1S/C14H23NO/c1-5-13-9-12(6-7-14(13)16-4)8-10(2)11(3)15/h6-7,9-11H,5,8,15H2,1-4H3. The van der Waals surface area contributed by atoms with Gasteiger partial charge < -0.3 is 10.5 Å². The van der Waals surface area contributed by atoms with Gasteiger partial charge in [0.2, 0.25) is 0 Å². The fourth-order valence-corrected chi connectivity index (χ4v) is 1.79. The van der Waals surface area contributed by atoms with Crippen molar-refractivity contribution in [1.29, 1.82) is 0 Å². The van der Waals surface area contributed by atoms with Crippen molar-refractivity contribution in [1.82, 2.24) is 0 Å². The number of hydrogen-bond acceptors (Lipinski definition) is 2. The van der Waals surface area contributed by atoms with Crippen molar-refractivity contribution >= 4 is 0 Å². The van der Waals surface area contributed by atoms with E-state index in [4.69, 9.17) is 10.5 Å². The second-order valence-corrected chi connectivity index (χ2v) is 4.54. The van der Waals surface area contributed by atoms with Crippen molar-refractivity contribution < 1.29 is 4.74 Å². The lowest BCUT2D eigenvalue weighted by Crippen LogP contribution is -2.25. The molecule has 0 radical (unpaired) electrons. The summed E-state index contributed by atoms with van der Waals surface area (Å²) < 4.78 is 5.32. The Labute approximate surface area is 98.8 Å². The fraction of sp³-hybridized carbons (Fsp3) is 0.571. The van der Waals surface area contributed by atoms with E-state index in [0.717, 1.165) is 18.6 Å². The molecule has 0 aliphatic rings. The van der Waals surface area contributed by atoms with E-state index in [1.165, 1.54) is 11.1 Å². The molecule has 1 aromatic rings. The smallest absolute Gasteiger partial charge is 0.122 e. The zero-order valence-corrected chi connectivity index (χ0v) is 10.8. The van der Waals surface area contributed by atoms with Crippen LogP contribution in [0.25, 0.3) is 0 Å². The van der Waals surface area contributed by atoms with Crippen LogP contribution in [0, 0.1) is 5.92 Å². The Hall–Kier alpha value is -1.02. The highest BCUT2D eigenvalue weighted by Gasteiger charge is 2.10. The van der Waals surface area contributed by atoms with Gasteiger partial charge in [0.05, 0.1) is 7.11 Å². The van der Waals surface area contributed by atoms with E-state index in [1.54, 1.807) is 7.11 Å². The van der Waals surface area contributed by atoms with Gasteiger partial charge in [0.1, 0.15) is 5.75 Å². The molecule has 0 heterocycles. The molecule has 0 saturated heterocycles. The van der Waals surface area contributed by atoms with Gasteiger partial charge in [-0.3, -0.25) is 0 Å². The number of benzene rings is 1. The van der Waals surface area contributed by atoms with E-state index < -0.39 is 0 Å². The third-order valence-electron chi connectivity index (χ3n) is 3.18. The number of aryl methyl sites for hydroxylation is 1. The Morgan fingerprint density at radius 1 is 1.31 bits per heavy atom. The fourth-order valence-electron chi connectivity index (χ4n) is 1.79. The first-order valence-electron chi connectivity index (χ1n) is 5.99. The minimum Gasteiger partial charge on any atom is -0.496 e. The number of hydrogen-bond donors (Lipinski definition) is 1. The zero-order valence-electron chi connectivity index (χ0n) is 10.8. The van der Waals surface area contributed by atoms with E-state index in [9.17, 15) is 0 Å². The number of methoxy groups -OCH3 is 1. The number of nitrogens with two attached hydrogens (primary N) is 1. The highest BCUT2D eigenvalue weighted by molar-refractivity contribution is 5.37. The summed E-state index contributed by atoms with van der Waals surface area (Å²) in [5.74, 6) is 1.50. The van der Waals surface area contributed by atoms with Gasteiger partial charge in [-0.25, -0.2) is 0 Å². The van der Waals surface area contributed by atoms with Gasteiger partial charge in [-0.1, -0.05) is 26.0 Å². The average Bonchev–Trinajstić information content (AvgIpc) is 2.28. The summed E-state index contributed by atoms with van der Waals surface area (Å²) >= 11 is 0. The molecular weight excluding hydrogens is 198 g/mol. The Kier molecular flexibility index (Phi) is 4.81. The third-order valence-corrected chi connectivity index (χ3v) is 3.18. The van der Waals surface area contributed by atoms with Crippen LogP contribution in [-0.4, -0.2) is 13.2 Å². The molecule has 1 aromatic carbocycles. The Morgan fingerprint density at radius 2 is 2.00 bits per heavy atom. The molecule has 0 aliphatic heterocycles. The van der Waals surface area contributed by atoms with Crippen molar-refractivity contribution in [2.24, 2.45) is 11.7 Å². The SMILES string of the molecule is CCc1cc(CC(C)C(C)N)ccc1OC. The maximum Gasteiger partial charge on any atom is 0.122 e. The molecule has 0 fully saturated rings. The molecule has 90 valence electrons. The molecule has 0 aromatic heterocycles. The van der Waals surface area contributed by atoms with Gasteiger partial charge in [-0.15, -0.1) is 0 Å².